The van der Waals surface area contributed by atoms with Gasteiger partial charge in [0, 0.05) is 30.9 Å². The molecule has 0 atom stereocenters. The molecule has 2 N–H and O–H groups in total. The lowest BCUT2D eigenvalue weighted by Crippen LogP contribution is -2.42. The molecule has 0 unspecified atom stereocenters. The minimum Gasteiger partial charge on any atom is -0.370 e. The standard InChI is InChI=1S/C28H28F6N4O/c1-6-36-24-21(14-35)23(20-10-8-7-9-16(20)2)22(15-37-24)38(5)25(39)26(3,4)17-11-18(27(29,30)31)13-19(12-17)28(32,33)34/h7-15,35H,6H2,1-5H3,(H,36,37). The van der Waals surface area contributed by atoms with Gasteiger partial charge in [-0.2, -0.15) is 26.3 Å². The third-order valence-corrected chi connectivity index (χ3v) is 6.51. The number of benzene rings is 2. The van der Waals surface area contributed by atoms with Crippen molar-refractivity contribution in [2.45, 2.75) is 45.5 Å². The zero-order valence-electron chi connectivity index (χ0n) is 22.0. The van der Waals surface area contributed by atoms with Crippen molar-refractivity contribution in [2.75, 3.05) is 23.8 Å². The third kappa shape index (κ3) is 5.91. The highest BCUT2D eigenvalue weighted by Crippen LogP contribution is 2.42. The predicted octanol–water partition coefficient (Wildman–Crippen LogP) is 7.46. The molecule has 1 amide bonds. The summed E-state index contributed by atoms with van der Waals surface area (Å²) in [5.74, 6) is -0.374. The molecule has 0 fully saturated rings. The zero-order valence-corrected chi connectivity index (χ0v) is 22.0. The van der Waals surface area contributed by atoms with Crippen molar-refractivity contribution in [2.24, 2.45) is 0 Å². The van der Waals surface area contributed by atoms with E-state index in [0.29, 0.717) is 41.2 Å². The van der Waals surface area contributed by atoms with Crippen LogP contribution in [0.1, 0.15) is 48.6 Å². The summed E-state index contributed by atoms with van der Waals surface area (Å²) in [6, 6.07) is 8.40. The van der Waals surface area contributed by atoms with Crippen LogP contribution in [0, 0.1) is 12.3 Å². The maximum absolute atomic E-state index is 13.8. The fourth-order valence-electron chi connectivity index (χ4n) is 4.32. The van der Waals surface area contributed by atoms with Crippen molar-refractivity contribution in [1.29, 1.82) is 5.41 Å². The van der Waals surface area contributed by atoms with E-state index in [1.165, 1.54) is 27.1 Å². The second-order valence-electron chi connectivity index (χ2n) is 9.55. The number of pyridine rings is 1. The first kappa shape index (κ1) is 29.7. The summed E-state index contributed by atoms with van der Waals surface area (Å²) in [4.78, 5) is 19.3. The first-order valence-corrected chi connectivity index (χ1v) is 12.0. The van der Waals surface area contributed by atoms with Gasteiger partial charge in [-0.3, -0.25) is 4.79 Å². The van der Waals surface area contributed by atoms with Crippen LogP contribution in [-0.2, 0) is 22.6 Å². The van der Waals surface area contributed by atoms with Crippen LogP contribution in [0.5, 0.6) is 0 Å². The summed E-state index contributed by atoms with van der Waals surface area (Å²) in [5, 5.41) is 11.1. The fourth-order valence-corrected chi connectivity index (χ4v) is 4.32. The van der Waals surface area contributed by atoms with Crippen LogP contribution in [0.2, 0.25) is 0 Å². The van der Waals surface area contributed by atoms with Crippen LogP contribution < -0.4 is 10.2 Å². The van der Waals surface area contributed by atoms with Gasteiger partial charge in [0.1, 0.15) is 5.82 Å². The number of amides is 1. The Bertz CT molecular complexity index is 1360. The Morgan fingerprint density at radius 2 is 1.54 bits per heavy atom. The first-order valence-electron chi connectivity index (χ1n) is 12.0. The average Bonchev–Trinajstić information content (AvgIpc) is 2.86. The van der Waals surface area contributed by atoms with Gasteiger partial charge in [-0.1, -0.05) is 24.3 Å². The van der Waals surface area contributed by atoms with E-state index in [0.717, 1.165) is 16.7 Å². The van der Waals surface area contributed by atoms with E-state index in [4.69, 9.17) is 5.41 Å². The van der Waals surface area contributed by atoms with Gasteiger partial charge in [0.2, 0.25) is 5.91 Å². The number of rotatable bonds is 7. The number of carbonyl (C=O) groups excluding carboxylic acids is 1. The molecule has 0 spiro atoms. The highest BCUT2D eigenvalue weighted by molar-refractivity contribution is 6.07. The molecule has 3 aromatic rings. The second kappa shape index (κ2) is 10.7. The summed E-state index contributed by atoms with van der Waals surface area (Å²) in [5.41, 5.74) is -2.65. The Morgan fingerprint density at radius 3 is 2.03 bits per heavy atom. The van der Waals surface area contributed by atoms with E-state index in [1.54, 1.807) is 12.1 Å². The summed E-state index contributed by atoms with van der Waals surface area (Å²) < 4.78 is 81.1. The molecule has 1 heterocycles. The van der Waals surface area contributed by atoms with Crippen molar-refractivity contribution >= 4 is 23.6 Å². The van der Waals surface area contributed by atoms with Gasteiger partial charge >= 0.3 is 12.4 Å². The number of alkyl halides is 6. The van der Waals surface area contributed by atoms with E-state index in [-0.39, 0.29) is 11.8 Å². The van der Waals surface area contributed by atoms with Gasteiger partial charge in [0.15, 0.2) is 0 Å². The molecule has 3 rings (SSSR count). The Kier molecular flexibility index (Phi) is 8.14. The molecule has 0 saturated carbocycles. The lowest BCUT2D eigenvalue weighted by Gasteiger charge is -2.32. The highest BCUT2D eigenvalue weighted by Gasteiger charge is 2.41. The molecule has 0 bridgehead atoms. The van der Waals surface area contributed by atoms with E-state index in [1.807, 2.05) is 26.0 Å². The lowest BCUT2D eigenvalue weighted by molar-refractivity contribution is -0.143. The largest absolute Gasteiger partial charge is 0.416 e. The SMILES string of the molecule is CCNc1ncc(N(C)C(=O)C(C)(C)c2cc(C(F)(F)F)cc(C(F)(F)F)c2)c(-c2ccccc2C)c1C=N. The molecule has 2 aromatic carbocycles. The summed E-state index contributed by atoms with van der Waals surface area (Å²) >= 11 is 0. The van der Waals surface area contributed by atoms with E-state index >= 15 is 0 Å². The molecule has 0 aliphatic carbocycles. The smallest absolute Gasteiger partial charge is 0.370 e. The van der Waals surface area contributed by atoms with Crippen molar-refractivity contribution in [1.82, 2.24) is 4.98 Å². The molecule has 208 valence electrons. The Hall–Kier alpha value is -3.89. The molecule has 11 heteroatoms. The van der Waals surface area contributed by atoms with Crippen LogP contribution in [0.4, 0.5) is 37.8 Å². The monoisotopic (exact) mass is 550 g/mol. The fraction of sp³-hybridized carbons (Fsp3) is 0.321. The van der Waals surface area contributed by atoms with Gasteiger partial charge in [-0.15, -0.1) is 0 Å². The summed E-state index contributed by atoms with van der Waals surface area (Å²) in [6.07, 6.45) is -7.62. The van der Waals surface area contributed by atoms with Crippen molar-refractivity contribution in [3.8, 4) is 11.1 Å². The molecular formula is C28H28F6N4O. The van der Waals surface area contributed by atoms with Crippen LogP contribution in [-0.4, -0.2) is 30.7 Å². The van der Waals surface area contributed by atoms with Gasteiger partial charge in [0.25, 0.3) is 0 Å². The second-order valence-corrected chi connectivity index (χ2v) is 9.55. The lowest BCUT2D eigenvalue weighted by atomic mass is 9.81. The molecule has 39 heavy (non-hydrogen) atoms. The number of hydrogen-bond acceptors (Lipinski definition) is 4. The molecule has 5 nitrogen and oxygen atoms in total. The molecule has 1 aromatic heterocycles. The number of halogens is 6. The highest BCUT2D eigenvalue weighted by atomic mass is 19.4. The third-order valence-electron chi connectivity index (χ3n) is 6.51. The normalized spacial score (nSPS) is 12.3. The van der Waals surface area contributed by atoms with Crippen LogP contribution in [0.25, 0.3) is 11.1 Å². The molecule has 0 aliphatic rings. The average molecular weight is 551 g/mol. The van der Waals surface area contributed by atoms with Crippen molar-refractivity contribution in [3.05, 3.63) is 76.5 Å². The molecule has 0 aliphatic heterocycles. The maximum atomic E-state index is 13.8. The Labute approximate surface area is 222 Å². The van der Waals surface area contributed by atoms with Crippen LogP contribution >= 0.6 is 0 Å². The van der Waals surface area contributed by atoms with Crippen molar-refractivity contribution in [3.63, 3.8) is 0 Å². The van der Waals surface area contributed by atoms with Gasteiger partial charge < -0.3 is 15.6 Å². The number of nitrogens with one attached hydrogen (secondary N) is 2. The van der Waals surface area contributed by atoms with Gasteiger partial charge in [0.05, 0.1) is 28.4 Å². The van der Waals surface area contributed by atoms with Gasteiger partial charge in [-0.25, -0.2) is 4.98 Å². The molecular weight excluding hydrogens is 522 g/mol. The quantitative estimate of drug-likeness (QED) is 0.237. The Morgan fingerprint density at radius 1 is 1.00 bits per heavy atom. The minimum atomic E-state index is -5.05. The van der Waals surface area contributed by atoms with Crippen molar-refractivity contribution < 1.29 is 31.1 Å². The minimum absolute atomic E-state index is 0.0315. The van der Waals surface area contributed by atoms with E-state index < -0.39 is 40.4 Å². The predicted molar refractivity (Wildman–Crippen MR) is 139 cm³/mol. The Balaban J connectivity index is 2.23. The zero-order chi connectivity index (χ0) is 29.3. The number of carbonyl (C=O) groups is 1. The topological polar surface area (TPSA) is 69.1 Å². The van der Waals surface area contributed by atoms with Crippen LogP contribution in [0.15, 0.2) is 48.7 Å². The van der Waals surface area contributed by atoms with Crippen LogP contribution in [0.3, 0.4) is 0 Å². The molecule has 0 radical (unpaired) electrons. The summed E-state index contributed by atoms with van der Waals surface area (Å²) in [7, 11) is 1.38. The first-order chi connectivity index (χ1) is 18.0. The van der Waals surface area contributed by atoms with E-state index in [2.05, 4.69) is 10.3 Å². The molecule has 0 saturated heterocycles. The van der Waals surface area contributed by atoms with E-state index in [9.17, 15) is 31.1 Å². The number of anilines is 2. The number of aromatic nitrogens is 1. The number of aryl methyl sites for hydroxylation is 1. The van der Waals surface area contributed by atoms with Gasteiger partial charge in [-0.05, 0) is 62.6 Å². The number of nitrogens with zero attached hydrogens (tertiary/aromatic N) is 2. The maximum Gasteiger partial charge on any atom is 0.416 e. The summed E-state index contributed by atoms with van der Waals surface area (Å²) in [6.45, 7) is 6.73. The number of likely N-dealkylation sites (N-methyl/N-ethyl adjacent to an activating group) is 1. The number of hydrogen-bond donors (Lipinski definition) is 2.